The van der Waals surface area contributed by atoms with Crippen molar-refractivity contribution in [3.63, 3.8) is 0 Å². The molecule has 0 amide bonds. The first-order valence-electron chi connectivity index (χ1n) is 6.89. The molecule has 0 aliphatic rings. The topological polar surface area (TPSA) is 21.3 Å². The van der Waals surface area contributed by atoms with E-state index in [9.17, 15) is 4.39 Å². The van der Waals surface area contributed by atoms with Crippen LogP contribution in [0.25, 0.3) is 0 Å². The van der Waals surface area contributed by atoms with Crippen molar-refractivity contribution < 1.29 is 9.13 Å². The molecule has 112 valence electrons. The Labute approximate surface area is 129 Å². The normalized spacial score (nSPS) is 12.2. The first-order chi connectivity index (χ1) is 10.1. The van der Waals surface area contributed by atoms with Crippen molar-refractivity contribution in [3.8, 4) is 5.75 Å². The Morgan fingerprint density at radius 1 is 1.19 bits per heavy atom. The van der Waals surface area contributed by atoms with Gasteiger partial charge in [-0.15, -0.1) is 0 Å². The molecule has 0 bridgehead atoms. The van der Waals surface area contributed by atoms with Gasteiger partial charge in [0.05, 0.1) is 13.2 Å². The summed E-state index contributed by atoms with van der Waals surface area (Å²) < 4.78 is 19.4. The van der Waals surface area contributed by atoms with Gasteiger partial charge in [-0.1, -0.05) is 36.7 Å². The van der Waals surface area contributed by atoms with E-state index in [1.165, 1.54) is 13.2 Å². The van der Waals surface area contributed by atoms with E-state index in [1.807, 2.05) is 32.0 Å². The molecule has 21 heavy (non-hydrogen) atoms. The van der Waals surface area contributed by atoms with Gasteiger partial charge in [0, 0.05) is 16.7 Å². The summed E-state index contributed by atoms with van der Waals surface area (Å²) in [5.74, 6) is 0.193. The Balaban J connectivity index is 2.48. The van der Waals surface area contributed by atoms with Crippen LogP contribution in [0.5, 0.6) is 5.75 Å². The average Bonchev–Trinajstić information content (AvgIpc) is 2.46. The monoisotopic (exact) mass is 307 g/mol. The molecule has 1 N–H and O–H groups in total. The lowest BCUT2D eigenvalue weighted by Crippen LogP contribution is -2.23. The van der Waals surface area contributed by atoms with Gasteiger partial charge in [0.15, 0.2) is 0 Å². The van der Waals surface area contributed by atoms with E-state index in [4.69, 9.17) is 16.3 Å². The summed E-state index contributed by atoms with van der Waals surface area (Å²) in [6, 6.07) is 10.4. The lowest BCUT2D eigenvalue weighted by Gasteiger charge is -2.21. The summed E-state index contributed by atoms with van der Waals surface area (Å²) in [6.45, 7) is 4.67. The van der Waals surface area contributed by atoms with Gasteiger partial charge in [-0.3, -0.25) is 0 Å². The van der Waals surface area contributed by atoms with E-state index in [0.29, 0.717) is 22.9 Å². The Hall–Kier alpha value is -1.58. The van der Waals surface area contributed by atoms with Crippen LogP contribution in [0, 0.1) is 12.7 Å². The van der Waals surface area contributed by atoms with Gasteiger partial charge < -0.3 is 10.1 Å². The lowest BCUT2D eigenvalue weighted by molar-refractivity contribution is 0.410. The molecule has 1 unspecified atom stereocenters. The fourth-order valence-corrected chi connectivity index (χ4v) is 2.67. The summed E-state index contributed by atoms with van der Waals surface area (Å²) in [4.78, 5) is 0. The van der Waals surface area contributed by atoms with Gasteiger partial charge in [0.1, 0.15) is 11.6 Å². The van der Waals surface area contributed by atoms with Gasteiger partial charge in [0.25, 0.3) is 0 Å². The smallest absolute Gasteiger partial charge is 0.132 e. The number of aryl methyl sites for hydroxylation is 1. The zero-order valence-corrected chi connectivity index (χ0v) is 13.2. The summed E-state index contributed by atoms with van der Waals surface area (Å²) in [6.07, 6.45) is 0. The number of nitrogens with one attached hydrogen (secondary N) is 1. The highest BCUT2D eigenvalue weighted by atomic mass is 35.5. The minimum Gasteiger partial charge on any atom is -0.497 e. The number of ether oxygens (including phenoxy) is 1. The second kappa shape index (κ2) is 6.92. The standard InChI is InChI=1S/C17H19ClFNO/c1-4-20-17(13-7-5-11(2)9-15(13)18)14-8-6-12(21-3)10-16(14)19/h5-10,17,20H,4H2,1-3H3. The predicted molar refractivity (Wildman–Crippen MR) is 84.7 cm³/mol. The first kappa shape index (κ1) is 15.8. The van der Waals surface area contributed by atoms with Gasteiger partial charge in [-0.25, -0.2) is 4.39 Å². The van der Waals surface area contributed by atoms with Crippen LogP contribution in [0.2, 0.25) is 5.02 Å². The van der Waals surface area contributed by atoms with Crippen LogP contribution in [-0.4, -0.2) is 13.7 Å². The average molecular weight is 308 g/mol. The number of methoxy groups -OCH3 is 1. The molecule has 0 fully saturated rings. The lowest BCUT2D eigenvalue weighted by atomic mass is 9.97. The molecule has 2 aromatic rings. The zero-order valence-electron chi connectivity index (χ0n) is 12.4. The molecule has 0 saturated carbocycles. The summed E-state index contributed by atoms with van der Waals surface area (Å²) >= 11 is 6.33. The van der Waals surface area contributed by atoms with Crippen LogP contribution < -0.4 is 10.1 Å². The maximum atomic E-state index is 14.3. The van der Waals surface area contributed by atoms with E-state index in [2.05, 4.69) is 5.32 Å². The van der Waals surface area contributed by atoms with Crippen LogP contribution in [0.15, 0.2) is 36.4 Å². The van der Waals surface area contributed by atoms with Crippen molar-refractivity contribution in [2.45, 2.75) is 19.9 Å². The molecule has 1 atom stereocenters. The first-order valence-corrected chi connectivity index (χ1v) is 7.27. The van der Waals surface area contributed by atoms with E-state index >= 15 is 0 Å². The zero-order chi connectivity index (χ0) is 15.4. The molecule has 2 rings (SSSR count). The Morgan fingerprint density at radius 2 is 1.90 bits per heavy atom. The van der Waals surface area contributed by atoms with Gasteiger partial charge in [0.2, 0.25) is 0 Å². The second-order valence-corrected chi connectivity index (χ2v) is 5.31. The van der Waals surface area contributed by atoms with Crippen LogP contribution in [0.4, 0.5) is 4.39 Å². The third-order valence-electron chi connectivity index (χ3n) is 3.39. The molecule has 0 spiro atoms. The van der Waals surface area contributed by atoms with Gasteiger partial charge >= 0.3 is 0 Å². The molecule has 0 aliphatic heterocycles. The maximum Gasteiger partial charge on any atom is 0.132 e. The fraction of sp³-hybridized carbons (Fsp3) is 0.294. The van der Waals surface area contributed by atoms with Crippen molar-refractivity contribution in [3.05, 3.63) is 63.9 Å². The van der Waals surface area contributed by atoms with Crippen molar-refractivity contribution in [1.82, 2.24) is 5.32 Å². The number of halogens is 2. The molecule has 2 aromatic carbocycles. The van der Waals surface area contributed by atoms with E-state index in [1.54, 1.807) is 12.1 Å². The molecule has 4 heteroatoms. The van der Waals surface area contributed by atoms with Crippen molar-refractivity contribution >= 4 is 11.6 Å². The second-order valence-electron chi connectivity index (χ2n) is 4.90. The third kappa shape index (κ3) is 3.55. The summed E-state index contributed by atoms with van der Waals surface area (Å²) in [5, 5.41) is 3.92. The van der Waals surface area contributed by atoms with Gasteiger partial charge in [-0.2, -0.15) is 0 Å². The molecular weight excluding hydrogens is 289 g/mol. The largest absolute Gasteiger partial charge is 0.497 e. The van der Waals surface area contributed by atoms with Crippen molar-refractivity contribution in [1.29, 1.82) is 0 Å². The van der Waals surface area contributed by atoms with Gasteiger partial charge in [-0.05, 0) is 36.7 Å². The maximum absolute atomic E-state index is 14.3. The minimum atomic E-state index is -0.308. The number of rotatable bonds is 5. The Bertz CT molecular complexity index is 630. The SMILES string of the molecule is CCNC(c1ccc(OC)cc1F)c1ccc(C)cc1Cl. The molecule has 0 saturated heterocycles. The van der Waals surface area contributed by atoms with Crippen LogP contribution in [0.3, 0.4) is 0 Å². The van der Waals surface area contributed by atoms with Crippen LogP contribution in [0.1, 0.15) is 29.7 Å². The minimum absolute atomic E-state index is 0.283. The van der Waals surface area contributed by atoms with E-state index < -0.39 is 0 Å². The summed E-state index contributed by atoms with van der Waals surface area (Å²) in [7, 11) is 1.52. The molecule has 2 nitrogen and oxygen atoms in total. The van der Waals surface area contributed by atoms with E-state index in [-0.39, 0.29) is 11.9 Å². The van der Waals surface area contributed by atoms with Crippen molar-refractivity contribution in [2.24, 2.45) is 0 Å². The summed E-state index contributed by atoms with van der Waals surface area (Å²) in [5.41, 5.74) is 2.51. The van der Waals surface area contributed by atoms with E-state index in [0.717, 1.165) is 11.1 Å². The van der Waals surface area contributed by atoms with Crippen LogP contribution in [-0.2, 0) is 0 Å². The highest BCUT2D eigenvalue weighted by Crippen LogP contribution is 2.31. The highest BCUT2D eigenvalue weighted by Gasteiger charge is 2.20. The highest BCUT2D eigenvalue weighted by molar-refractivity contribution is 6.31. The fourth-order valence-electron chi connectivity index (χ4n) is 2.33. The Morgan fingerprint density at radius 3 is 2.48 bits per heavy atom. The quantitative estimate of drug-likeness (QED) is 0.878. The molecule has 0 radical (unpaired) electrons. The molecule has 0 aromatic heterocycles. The number of benzene rings is 2. The van der Waals surface area contributed by atoms with Crippen LogP contribution >= 0.6 is 11.6 Å². The number of hydrogen-bond acceptors (Lipinski definition) is 2. The Kier molecular flexibility index (Phi) is 5.21. The third-order valence-corrected chi connectivity index (χ3v) is 3.72. The predicted octanol–water partition coefficient (Wildman–Crippen LogP) is 4.50. The van der Waals surface area contributed by atoms with Crippen molar-refractivity contribution in [2.75, 3.05) is 13.7 Å². The molecular formula is C17H19ClFNO. The molecule has 0 aliphatic carbocycles. The molecule has 0 heterocycles. The number of hydrogen-bond donors (Lipinski definition) is 1.